The van der Waals surface area contributed by atoms with E-state index in [4.69, 9.17) is 4.74 Å². The van der Waals surface area contributed by atoms with Crippen LogP contribution in [0.1, 0.15) is 23.6 Å². The van der Waals surface area contributed by atoms with Gasteiger partial charge in [-0.05, 0) is 73.5 Å². The van der Waals surface area contributed by atoms with Crippen molar-refractivity contribution in [2.75, 3.05) is 24.5 Å². The van der Waals surface area contributed by atoms with Gasteiger partial charge >= 0.3 is 0 Å². The van der Waals surface area contributed by atoms with Crippen molar-refractivity contribution in [3.8, 4) is 5.75 Å². The Kier molecular flexibility index (Phi) is 11.2. The van der Waals surface area contributed by atoms with Gasteiger partial charge in [-0.1, -0.05) is 76.1 Å². The maximum absolute atomic E-state index is 14.4. The molecule has 0 spiro atoms. The molecule has 44 heavy (non-hydrogen) atoms. The number of nitrogens with one attached hydrogen (secondary N) is 1. The Labute approximate surface area is 267 Å². The van der Waals surface area contributed by atoms with Crippen molar-refractivity contribution in [2.24, 2.45) is 0 Å². The fourth-order valence-electron chi connectivity index (χ4n) is 4.79. The van der Waals surface area contributed by atoms with Crippen LogP contribution in [-0.4, -0.2) is 51.4 Å². The summed E-state index contributed by atoms with van der Waals surface area (Å²) in [7, 11) is -2.66. The van der Waals surface area contributed by atoms with Crippen LogP contribution in [0.2, 0.25) is 0 Å². The van der Waals surface area contributed by atoms with E-state index in [9.17, 15) is 18.0 Å². The summed E-state index contributed by atoms with van der Waals surface area (Å²) in [5.74, 6) is -0.302. The second-order valence-corrected chi connectivity index (χ2v) is 13.1. The number of carbonyl (C=O) groups excluding carboxylic acids is 2. The minimum atomic E-state index is -4.18. The first-order valence-corrected chi connectivity index (χ1v) is 16.4. The summed E-state index contributed by atoms with van der Waals surface area (Å²) in [5.41, 5.74) is 2.85. The number of anilines is 1. The molecule has 0 aliphatic heterocycles. The van der Waals surface area contributed by atoms with Gasteiger partial charge in [-0.15, -0.1) is 0 Å². The van der Waals surface area contributed by atoms with Gasteiger partial charge in [0.15, 0.2) is 0 Å². The fraction of sp³-hybridized carbons (Fsp3) is 0.235. The van der Waals surface area contributed by atoms with E-state index in [1.807, 2.05) is 68.4 Å². The van der Waals surface area contributed by atoms with Gasteiger partial charge in [-0.2, -0.15) is 0 Å². The smallest absolute Gasteiger partial charge is 0.264 e. The number of benzene rings is 4. The Morgan fingerprint density at radius 1 is 0.886 bits per heavy atom. The van der Waals surface area contributed by atoms with E-state index in [0.29, 0.717) is 18.0 Å². The van der Waals surface area contributed by atoms with Gasteiger partial charge in [-0.3, -0.25) is 13.9 Å². The highest BCUT2D eigenvalue weighted by Gasteiger charge is 2.34. The normalized spacial score (nSPS) is 11.8. The molecule has 0 aliphatic carbocycles. The lowest BCUT2D eigenvalue weighted by Crippen LogP contribution is -2.53. The average molecular weight is 679 g/mol. The molecule has 4 aromatic carbocycles. The van der Waals surface area contributed by atoms with Crippen molar-refractivity contribution in [1.29, 1.82) is 0 Å². The van der Waals surface area contributed by atoms with E-state index in [1.165, 1.54) is 24.1 Å². The maximum atomic E-state index is 14.4. The number of halogens is 1. The molecule has 0 saturated carbocycles. The predicted octanol–water partition coefficient (Wildman–Crippen LogP) is 5.74. The third-order valence-electron chi connectivity index (χ3n) is 7.11. The third-order valence-corrected chi connectivity index (χ3v) is 9.39. The van der Waals surface area contributed by atoms with Gasteiger partial charge in [-0.25, -0.2) is 8.42 Å². The van der Waals surface area contributed by atoms with Crippen molar-refractivity contribution in [1.82, 2.24) is 10.2 Å². The third kappa shape index (κ3) is 8.27. The quantitative estimate of drug-likeness (QED) is 0.195. The summed E-state index contributed by atoms with van der Waals surface area (Å²) in [6, 6.07) is 29.0. The van der Waals surface area contributed by atoms with Gasteiger partial charge in [0.2, 0.25) is 11.8 Å². The van der Waals surface area contributed by atoms with Gasteiger partial charge in [0, 0.05) is 24.0 Å². The first-order valence-electron chi connectivity index (χ1n) is 14.2. The molecule has 0 aliphatic rings. The molecule has 4 aromatic rings. The number of rotatable bonds is 13. The molecule has 0 saturated heterocycles. The van der Waals surface area contributed by atoms with Crippen LogP contribution in [0, 0.1) is 6.92 Å². The van der Waals surface area contributed by atoms with E-state index in [-0.39, 0.29) is 23.8 Å². The number of hydrogen-bond donors (Lipinski definition) is 1. The summed E-state index contributed by atoms with van der Waals surface area (Å²) in [6.45, 7) is 3.63. The van der Waals surface area contributed by atoms with Crippen molar-refractivity contribution in [3.05, 3.63) is 124 Å². The standard InChI is InChI=1S/C34H36BrN3O5S/c1-4-36-34(40)32(22-26-9-6-5-7-10-26)37(23-27-11-8-12-28(35)21-27)33(39)24-38(29-15-17-30(43-3)18-16-29)44(41,42)31-19-13-25(2)14-20-31/h5-21,32H,4,22-24H2,1-3H3,(H,36,40)/t32-/m1/s1. The molecular formula is C34H36BrN3O5S. The lowest BCUT2D eigenvalue weighted by atomic mass is 10.0. The summed E-state index contributed by atoms with van der Waals surface area (Å²) < 4.78 is 35.4. The average Bonchev–Trinajstić information content (AvgIpc) is 3.02. The molecule has 0 aromatic heterocycles. The molecule has 1 atom stereocenters. The number of aryl methyl sites for hydroxylation is 1. The van der Waals surface area contributed by atoms with E-state index >= 15 is 0 Å². The molecular weight excluding hydrogens is 642 g/mol. The number of amides is 2. The monoisotopic (exact) mass is 677 g/mol. The summed E-state index contributed by atoms with van der Waals surface area (Å²) >= 11 is 3.49. The molecule has 2 amide bonds. The van der Waals surface area contributed by atoms with Crippen LogP contribution in [0.5, 0.6) is 5.75 Å². The minimum absolute atomic E-state index is 0.0508. The van der Waals surface area contributed by atoms with Crippen molar-refractivity contribution < 1.29 is 22.7 Å². The summed E-state index contributed by atoms with van der Waals surface area (Å²) in [5, 5.41) is 2.87. The van der Waals surface area contributed by atoms with Crippen molar-refractivity contribution >= 4 is 43.5 Å². The van der Waals surface area contributed by atoms with E-state index in [2.05, 4.69) is 21.2 Å². The van der Waals surface area contributed by atoms with Gasteiger partial charge in [0.1, 0.15) is 18.3 Å². The number of ether oxygens (including phenoxy) is 1. The number of sulfonamides is 1. The predicted molar refractivity (Wildman–Crippen MR) is 176 cm³/mol. The molecule has 0 radical (unpaired) electrons. The van der Waals surface area contributed by atoms with Crippen molar-refractivity contribution in [3.63, 3.8) is 0 Å². The topological polar surface area (TPSA) is 96.0 Å². The zero-order valence-electron chi connectivity index (χ0n) is 24.9. The zero-order chi connectivity index (χ0) is 31.7. The van der Waals surface area contributed by atoms with Gasteiger partial charge < -0.3 is 15.0 Å². The number of hydrogen-bond acceptors (Lipinski definition) is 5. The van der Waals surface area contributed by atoms with Gasteiger partial charge in [0.25, 0.3) is 10.0 Å². The molecule has 0 bridgehead atoms. The molecule has 4 rings (SSSR count). The van der Waals surface area contributed by atoms with Crippen LogP contribution >= 0.6 is 15.9 Å². The number of nitrogens with zero attached hydrogens (tertiary/aromatic N) is 2. The van der Waals surface area contributed by atoms with E-state index in [0.717, 1.165) is 25.5 Å². The lowest BCUT2D eigenvalue weighted by Gasteiger charge is -2.34. The molecule has 8 nitrogen and oxygen atoms in total. The Balaban J connectivity index is 1.79. The Hall–Kier alpha value is -4.15. The van der Waals surface area contributed by atoms with Crippen LogP contribution in [0.25, 0.3) is 0 Å². The maximum Gasteiger partial charge on any atom is 0.264 e. The molecule has 0 unspecified atom stereocenters. The molecule has 230 valence electrons. The van der Waals surface area contributed by atoms with E-state index < -0.39 is 28.5 Å². The fourth-order valence-corrected chi connectivity index (χ4v) is 6.65. The Morgan fingerprint density at radius 3 is 2.16 bits per heavy atom. The number of likely N-dealkylation sites (N-methyl/N-ethyl adjacent to an activating group) is 1. The highest BCUT2D eigenvalue weighted by Crippen LogP contribution is 2.27. The minimum Gasteiger partial charge on any atom is -0.497 e. The second-order valence-electron chi connectivity index (χ2n) is 10.3. The molecule has 1 N–H and O–H groups in total. The van der Waals surface area contributed by atoms with Crippen LogP contribution in [0.15, 0.2) is 112 Å². The number of carbonyl (C=O) groups is 2. The van der Waals surface area contributed by atoms with E-state index in [1.54, 1.807) is 36.4 Å². The van der Waals surface area contributed by atoms with Crippen LogP contribution in [-0.2, 0) is 32.6 Å². The molecule has 10 heteroatoms. The lowest BCUT2D eigenvalue weighted by molar-refractivity contribution is -0.140. The zero-order valence-corrected chi connectivity index (χ0v) is 27.3. The highest BCUT2D eigenvalue weighted by molar-refractivity contribution is 9.10. The molecule has 0 fully saturated rings. The summed E-state index contributed by atoms with van der Waals surface area (Å²) in [6.07, 6.45) is 0.250. The first kappa shape index (κ1) is 32.8. The number of methoxy groups -OCH3 is 1. The first-order chi connectivity index (χ1) is 21.1. The largest absolute Gasteiger partial charge is 0.497 e. The molecule has 0 heterocycles. The van der Waals surface area contributed by atoms with Crippen molar-refractivity contribution in [2.45, 2.75) is 37.8 Å². The van der Waals surface area contributed by atoms with Crippen LogP contribution in [0.4, 0.5) is 5.69 Å². The van der Waals surface area contributed by atoms with Gasteiger partial charge in [0.05, 0.1) is 17.7 Å². The summed E-state index contributed by atoms with van der Waals surface area (Å²) in [4.78, 5) is 29.5. The SMILES string of the molecule is CCNC(=O)[C@@H](Cc1ccccc1)N(Cc1cccc(Br)c1)C(=O)CN(c1ccc(OC)cc1)S(=O)(=O)c1ccc(C)cc1. The van der Waals surface area contributed by atoms with Crippen LogP contribution in [0.3, 0.4) is 0 Å². The van der Waals surface area contributed by atoms with Crippen LogP contribution < -0.4 is 14.4 Å². The Bertz CT molecular complexity index is 1660. The Morgan fingerprint density at radius 2 is 1.55 bits per heavy atom. The second kappa shape index (κ2) is 15.0. The highest BCUT2D eigenvalue weighted by atomic mass is 79.9.